The van der Waals surface area contributed by atoms with Crippen LogP contribution in [0.3, 0.4) is 0 Å². The van der Waals surface area contributed by atoms with E-state index < -0.39 is 0 Å². The summed E-state index contributed by atoms with van der Waals surface area (Å²) in [5.41, 5.74) is 2.40. The van der Waals surface area contributed by atoms with Crippen LogP contribution in [0, 0.1) is 22.9 Å². The first-order chi connectivity index (χ1) is 9.34. The van der Waals surface area contributed by atoms with Gasteiger partial charge in [-0.3, -0.25) is 0 Å². The van der Waals surface area contributed by atoms with Crippen molar-refractivity contribution in [1.82, 2.24) is 9.55 Å². The maximum atomic E-state index is 13.6. The summed E-state index contributed by atoms with van der Waals surface area (Å²) in [7, 11) is 1.71. The molecule has 1 heterocycles. The minimum Gasteiger partial charge on any atom is -0.385 e. The van der Waals surface area contributed by atoms with E-state index in [0.29, 0.717) is 10.3 Å². The lowest BCUT2D eigenvalue weighted by molar-refractivity contribution is 0.143. The molecule has 1 aromatic heterocycles. The smallest absolute Gasteiger partial charge is 0.178 e. The van der Waals surface area contributed by atoms with E-state index in [1.54, 1.807) is 14.0 Å². The van der Waals surface area contributed by atoms with Gasteiger partial charge in [-0.05, 0) is 48.7 Å². The maximum Gasteiger partial charge on any atom is 0.178 e. The van der Waals surface area contributed by atoms with Crippen molar-refractivity contribution in [2.75, 3.05) is 13.7 Å². The zero-order chi connectivity index (χ0) is 14.9. The second kappa shape index (κ2) is 5.66. The van der Waals surface area contributed by atoms with Gasteiger partial charge in [0.15, 0.2) is 4.77 Å². The fraction of sp³-hybridized carbons (Fsp3) is 0.533. The number of aromatic amines is 1. The average molecular weight is 296 g/mol. The second-order valence-electron chi connectivity index (χ2n) is 6.04. The number of nitrogens with zero attached hydrogens (tertiary/aromatic N) is 1. The van der Waals surface area contributed by atoms with Crippen LogP contribution in [0.1, 0.15) is 25.8 Å². The number of nitrogens with one attached hydrogen (secondary N) is 1. The molecule has 20 heavy (non-hydrogen) atoms. The number of H-pyrrole nitrogens is 1. The summed E-state index contributed by atoms with van der Waals surface area (Å²) in [6.07, 6.45) is 0.943. The molecule has 110 valence electrons. The van der Waals surface area contributed by atoms with Gasteiger partial charge in [0.2, 0.25) is 0 Å². The van der Waals surface area contributed by atoms with Gasteiger partial charge in [-0.25, -0.2) is 4.39 Å². The standard InChI is InChI=1S/C15H21FN2OS/c1-10-7-13-12(8-11(10)16)17-14(20)18(13)9-15(2,3)5-6-19-4/h7-8H,5-6,9H2,1-4H3,(H,17,20). The molecule has 0 saturated carbocycles. The number of methoxy groups -OCH3 is 1. The van der Waals surface area contributed by atoms with E-state index in [9.17, 15) is 4.39 Å². The predicted octanol–water partition coefficient (Wildman–Crippen LogP) is 4.21. The van der Waals surface area contributed by atoms with Crippen molar-refractivity contribution < 1.29 is 9.13 Å². The Labute approximate surface area is 123 Å². The summed E-state index contributed by atoms with van der Waals surface area (Å²) < 4.78 is 21.5. The van der Waals surface area contributed by atoms with Gasteiger partial charge in [0, 0.05) is 20.3 Å². The lowest BCUT2D eigenvalue weighted by Gasteiger charge is -2.25. The lowest BCUT2D eigenvalue weighted by atomic mass is 9.89. The van der Waals surface area contributed by atoms with Crippen LogP contribution in [0.4, 0.5) is 4.39 Å². The molecule has 0 saturated heterocycles. The van der Waals surface area contributed by atoms with Gasteiger partial charge in [0.05, 0.1) is 11.0 Å². The summed E-state index contributed by atoms with van der Waals surface area (Å²) in [6.45, 7) is 7.63. The van der Waals surface area contributed by atoms with Crippen LogP contribution in [0.25, 0.3) is 11.0 Å². The molecule has 0 atom stereocenters. The van der Waals surface area contributed by atoms with E-state index in [1.807, 2.05) is 10.6 Å². The topological polar surface area (TPSA) is 29.9 Å². The highest BCUT2D eigenvalue weighted by molar-refractivity contribution is 7.71. The minimum absolute atomic E-state index is 0.0612. The van der Waals surface area contributed by atoms with Crippen molar-refractivity contribution >= 4 is 23.3 Å². The fourth-order valence-electron chi connectivity index (χ4n) is 2.32. The van der Waals surface area contributed by atoms with Gasteiger partial charge in [0.1, 0.15) is 5.82 Å². The maximum absolute atomic E-state index is 13.6. The zero-order valence-corrected chi connectivity index (χ0v) is 13.2. The molecule has 0 spiro atoms. The largest absolute Gasteiger partial charge is 0.385 e. The number of aromatic nitrogens is 2. The molecule has 0 aliphatic carbocycles. The fourth-order valence-corrected chi connectivity index (χ4v) is 2.60. The van der Waals surface area contributed by atoms with E-state index in [0.717, 1.165) is 30.6 Å². The first-order valence-corrected chi connectivity index (χ1v) is 7.12. The van der Waals surface area contributed by atoms with E-state index in [2.05, 4.69) is 18.8 Å². The van der Waals surface area contributed by atoms with Crippen molar-refractivity contribution in [2.24, 2.45) is 5.41 Å². The minimum atomic E-state index is -0.209. The van der Waals surface area contributed by atoms with Crippen LogP contribution in [-0.4, -0.2) is 23.3 Å². The molecule has 2 rings (SSSR count). The van der Waals surface area contributed by atoms with Gasteiger partial charge in [-0.1, -0.05) is 13.8 Å². The van der Waals surface area contributed by atoms with Crippen molar-refractivity contribution in [3.63, 3.8) is 0 Å². The summed E-state index contributed by atoms with van der Waals surface area (Å²) in [6, 6.07) is 3.36. The Morgan fingerprint density at radius 3 is 2.75 bits per heavy atom. The summed E-state index contributed by atoms with van der Waals surface area (Å²) >= 11 is 5.37. The van der Waals surface area contributed by atoms with Crippen molar-refractivity contribution in [3.05, 3.63) is 28.3 Å². The molecule has 0 bridgehead atoms. The van der Waals surface area contributed by atoms with Crippen LogP contribution in [0.2, 0.25) is 0 Å². The number of hydrogen-bond acceptors (Lipinski definition) is 2. The van der Waals surface area contributed by atoms with E-state index in [4.69, 9.17) is 17.0 Å². The normalized spacial score (nSPS) is 12.2. The van der Waals surface area contributed by atoms with Crippen LogP contribution < -0.4 is 0 Å². The third-order valence-electron chi connectivity index (χ3n) is 3.62. The highest BCUT2D eigenvalue weighted by Crippen LogP contribution is 2.27. The highest BCUT2D eigenvalue weighted by Gasteiger charge is 2.20. The SMILES string of the molecule is COCCC(C)(C)Cn1c(=S)[nH]c2cc(F)c(C)cc21. The molecule has 2 aromatic rings. The molecule has 5 heteroatoms. The molecule has 0 radical (unpaired) electrons. The molecule has 0 unspecified atom stereocenters. The number of ether oxygens (including phenoxy) is 1. The van der Waals surface area contributed by atoms with Gasteiger partial charge in [-0.15, -0.1) is 0 Å². The highest BCUT2D eigenvalue weighted by atomic mass is 32.1. The average Bonchev–Trinajstić information content (AvgIpc) is 2.64. The second-order valence-corrected chi connectivity index (χ2v) is 6.43. The van der Waals surface area contributed by atoms with Crippen molar-refractivity contribution in [2.45, 2.75) is 33.7 Å². The number of fused-ring (bicyclic) bond motifs is 1. The van der Waals surface area contributed by atoms with Crippen LogP contribution in [-0.2, 0) is 11.3 Å². The molecular weight excluding hydrogens is 275 g/mol. The molecule has 0 aliphatic heterocycles. The van der Waals surface area contributed by atoms with Crippen molar-refractivity contribution in [3.8, 4) is 0 Å². The summed E-state index contributed by atoms with van der Waals surface area (Å²) in [5.74, 6) is -0.209. The van der Waals surface area contributed by atoms with Crippen LogP contribution >= 0.6 is 12.2 Å². The molecular formula is C15H21FN2OS. The molecule has 0 fully saturated rings. The number of aryl methyl sites for hydroxylation is 1. The van der Waals surface area contributed by atoms with Gasteiger partial charge >= 0.3 is 0 Å². The van der Waals surface area contributed by atoms with Crippen LogP contribution in [0.15, 0.2) is 12.1 Å². The molecule has 1 N–H and O–H groups in total. The lowest BCUT2D eigenvalue weighted by Crippen LogP contribution is -2.21. The van der Waals surface area contributed by atoms with Crippen LogP contribution in [0.5, 0.6) is 0 Å². The Hall–Kier alpha value is -1.20. The van der Waals surface area contributed by atoms with E-state index in [1.165, 1.54) is 6.07 Å². The Morgan fingerprint density at radius 2 is 2.10 bits per heavy atom. The third kappa shape index (κ3) is 3.10. The van der Waals surface area contributed by atoms with Gasteiger partial charge < -0.3 is 14.3 Å². The molecule has 3 nitrogen and oxygen atoms in total. The molecule has 0 amide bonds. The number of halogens is 1. The van der Waals surface area contributed by atoms with Gasteiger partial charge in [0.25, 0.3) is 0 Å². The first-order valence-electron chi connectivity index (χ1n) is 6.72. The van der Waals surface area contributed by atoms with E-state index >= 15 is 0 Å². The number of hydrogen-bond donors (Lipinski definition) is 1. The predicted molar refractivity (Wildman–Crippen MR) is 82.1 cm³/mol. The number of rotatable bonds is 5. The number of imidazole rings is 1. The summed E-state index contributed by atoms with van der Waals surface area (Å²) in [5, 5.41) is 0. The monoisotopic (exact) mass is 296 g/mol. The molecule has 0 aliphatic rings. The quantitative estimate of drug-likeness (QED) is 0.838. The summed E-state index contributed by atoms with van der Waals surface area (Å²) in [4.78, 5) is 3.08. The Kier molecular flexibility index (Phi) is 4.30. The Bertz CT molecular complexity index is 672. The Morgan fingerprint density at radius 1 is 1.40 bits per heavy atom. The van der Waals surface area contributed by atoms with Crippen molar-refractivity contribution in [1.29, 1.82) is 0 Å². The first kappa shape index (κ1) is 15.2. The Balaban J connectivity index is 2.41. The number of benzene rings is 1. The third-order valence-corrected chi connectivity index (χ3v) is 3.95. The molecule has 1 aromatic carbocycles. The zero-order valence-electron chi connectivity index (χ0n) is 12.4. The van der Waals surface area contributed by atoms with E-state index in [-0.39, 0.29) is 11.2 Å². The van der Waals surface area contributed by atoms with Gasteiger partial charge in [-0.2, -0.15) is 0 Å².